The molecule has 0 aliphatic heterocycles. The molecule has 88 valence electrons. The minimum Gasteiger partial charge on any atom is -0.419 e. The third-order valence-electron chi connectivity index (χ3n) is 1.50. The van der Waals surface area contributed by atoms with E-state index in [9.17, 15) is 22.4 Å². The van der Waals surface area contributed by atoms with Crippen molar-refractivity contribution in [2.45, 2.75) is 39.3 Å². The van der Waals surface area contributed by atoms with Crippen LogP contribution < -0.4 is 0 Å². The van der Waals surface area contributed by atoms with Crippen LogP contribution in [0, 0.1) is 0 Å². The highest BCUT2D eigenvalue weighted by Crippen LogP contribution is 2.31. The van der Waals surface area contributed by atoms with Gasteiger partial charge in [-0.25, -0.2) is 4.39 Å². The molecule has 0 bridgehead atoms. The SMILES string of the molecule is CCCC/C(F)=C(\OC(C)=O)C(F)(F)F. The van der Waals surface area contributed by atoms with Crippen LogP contribution >= 0.6 is 0 Å². The summed E-state index contributed by atoms with van der Waals surface area (Å²) in [7, 11) is 0. The van der Waals surface area contributed by atoms with Crippen LogP contribution in [0.1, 0.15) is 33.1 Å². The fourth-order valence-corrected chi connectivity index (χ4v) is 0.856. The Morgan fingerprint density at radius 2 is 1.87 bits per heavy atom. The van der Waals surface area contributed by atoms with Crippen LogP contribution in [0.3, 0.4) is 0 Å². The Bertz CT molecular complexity index is 255. The molecule has 0 aromatic rings. The highest BCUT2D eigenvalue weighted by Gasteiger charge is 2.40. The molecule has 0 amide bonds. The largest absolute Gasteiger partial charge is 0.452 e. The summed E-state index contributed by atoms with van der Waals surface area (Å²) < 4.78 is 53.4. The number of ether oxygens (including phenoxy) is 1. The van der Waals surface area contributed by atoms with Gasteiger partial charge in [0.2, 0.25) is 5.76 Å². The van der Waals surface area contributed by atoms with Crippen molar-refractivity contribution in [3.63, 3.8) is 0 Å². The van der Waals surface area contributed by atoms with Gasteiger partial charge in [0.25, 0.3) is 0 Å². The number of carbonyl (C=O) groups excluding carboxylic acids is 1. The summed E-state index contributed by atoms with van der Waals surface area (Å²) in [5.41, 5.74) is 0. The van der Waals surface area contributed by atoms with E-state index in [4.69, 9.17) is 0 Å². The standard InChI is InChI=1S/C9H12F4O2/c1-3-4-5-7(10)8(9(11,12)13)15-6(2)14/h3-5H2,1-2H3/b8-7+. The number of rotatable bonds is 4. The smallest absolute Gasteiger partial charge is 0.419 e. The Morgan fingerprint density at radius 1 is 1.33 bits per heavy atom. The first-order valence-corrected chi connectivity index (χ1v) is 4.43. The highest BCUT2D eigenvalue weighted by molar-refractivity contribution is 5.67. The maximum absolute atomic E-state index is 13.0. The molecule has 0 atom stereocenters. The van der Waals surface area contributed by atoms with Gasteiger partial charge in [0.05, 0.1) is 0 Å². The molecule has 0 unspecified atom stereocenters. The van der Waals surface area contributed by atoms with Gasteiger partial charge in [0.1, 0.15) is 5.83 Å². The maximum atomic E-state index is 13.0. The Hall–Kier alpha value is -1.07. The number of esters is 1. The van der Waals surface area contributed by atoms with Crippen molar-refractivity contribution in [2.24, 2.45) is 0 Å². The minimum absolute atomic E-state index is 0.271. The number of allylic oxidation sites excluding steroid dienone is 2. The summed E-state index contributed by atoms with van der Waals surface area (Å²) in [5, 5.41) is 0. The van der Waals surface area contributed by atoms with Crippen LogP contribution in [0.15, 0.2) is 11.6 Å². The molecule has 0 saturated heterocycles. The quantitative estimate of drug-likeness (QED) is 0.418. The van der Waals surface area contributed by atoms with E-state index in [1.54, 1.807) is 6.92 Å². The number of alkyl halides is 3. The normalized spacial score (nSPS) is 13.5. The van der Waals surface area contributed by atoms with Crippen molar-refractivity contribution in [1.29, 1.82) is 0 Å². The van der Waals surface area contributed by atoms with Crippen molar-refractivity contribution in [3.05, 3.63) is 11.6 Å². The van der Waals surface area contributed by atoms with E-state index in [1.165, 1.54) is 0 Å². The fraction of sp³-hybridized carbons (Fsp3) is 0.667. The van der Waals surface area contributed by atoms with E-state index in [0.29, 0.717) is 6.42 Å². The van der Waals surface area contributed by atoms with Crippen molar-refractivity contribution >= 4 is 5.97 Å². The lowest BCUT2D eigenvalue weighted by atomic mass is 10.2. The average Bonchev–Trinajstić information content (AvgIpc) is 2.08. The zero-order chi connectivity index (χ0) is 12.1. The number of hydrogen-bond acceptors (Lipinski definition) is 2. The molecule has 0 aliphatic rings. The van der Waals surface area contributed by atoms with Gasteiger partial charge in [0, 0.05) is 13.3 Å². The fourth-order valence-electron chi connectivity index (χ4n) is 0.856. The second-order valence-electron chi connectivity index (χ2n) is 2.93. The summed E-state index contributed by atoms with van der Waals surface area (Å²) in [6.07, 6.45) is -4.52. The Morgan fingerprint density at radius 3 is 2.20 bits per heavy atom. The summed E-state index contributed by atoms with van der Waals surface area (Å²) >= 11 is 0. The van der Waals surface area contributed by atoms with Crippen LogP contribution in [0.25, 0.3) is 0 Å². The second-order valence-corrected chi connectivity index (χ2v) is 2.93. The minimum atomic E-state index is -4.97. The monoisotopic (exact) mass is 228 g/mol. The van der Waals surface area contributed by atoms with Gasteiger partial charge in [-0.05, 0) is 6.42 Å². The molecule has 0 N–H and O–H groups in total. The van der Waals surface area contributed by atoms with Gasteiger partial charge in [-0.15, -0.1) is 0 Å². The third-order valence-corrected chi connectivity index (χ3v) is 1.50. The summed E-state index contributed by atoms with van der Waals surface area (Å²) in [6.45, 7) is 2.51. The zero-order valence-electron chi connectivity index (χ0n) is 8.45. The first-order valence-electron chi connectivity index (χ1n) is 4.43. The topological polar surface area (TPSA) is 26.3 Å². The Labute approximate surface area is 84.9 Å². The lowest BCUT2D eigenvalue weighted by molar-refractivity contribution is -0.159. The third kappa shape index (κ3) is 5.39. The maximum Gasteiger partial charge on any atom is 0.452 e. The molecule has 0 aliphatic carbocycles. The van der Waals surface area contributed by atoms with Crippen molar-refractivity contribution in [3.8, 4) is 0 Å². The van der Waals surface area contributed by atoms with E-state index in [1.807, 2.05) is 0 Å². The lowest BCUT2D eigenvalue weighted by Crippen LogP contribution is -2.18. The van der Waals surface area contributed by atoms with E-state index in [-0.39, 0.29) is 12.8 Å². The molecule has 0 radical (unpaired) electrons. The number of halogens is 4. The van der Waals surface area contributed by atoms with Crippen LogP contribution in [0.2, 0.25) is 0 Å². The average molecular weight is 228 g/mol. The Kier molecular flexibility index (Phi) is 5.32. The first-order chi connectivity index (χ1) is 6.79. The molecule has 6 heteroatoms. The number of hydrogen-bond donors (Lipinski definition) is 0. The van der Waals surface area contributed by atoms with Gasteiger partial charge in [-0.1, -0.05) is 13.3 Å². The van der Waals surface area contributed by atoms with Crippen molar-refractivity contribution in [2.75, 3.05) is 0 Å². The van der Waals surface area contributed by atoms with Gasteiger partial charge in [0.15, 0.2) is 0 Å². The van der Waals surface area contributed by atoms with E-state index < -0.39 is 23.7 Å². The van der Waals surface area contributed by atoms with Gasteiger partial charge < -0.3 is 4.74 Å². The molecular formula is C9H12F4O2. The molecule has 0 spiro atoms. The molecule has 0 fully saturated rings. The molecular weight excluding hydrogens is 216 g/mol. The van der Waals surface area contributed by atoms with Crippen LogP contribution in [-0.2, 0) is 9.53 Å². The first kappa shape index (κ1) is 13.9. The number of carbonyl (C=O) groups is 1. The van der Waals surface area contributed by atoms with E-state index in [0.717, 1.165) is 6.92 Å². The summed E-state index contributed by atoms with van der Waals surface area (Å²) in [4.78, 5) is 10.4. The van der Waals surface area contributed by atoms with Crippen LogP contribution in [-0.4, -0.2) is 12.1 Å². The summed E-state index contributed by atoms with van der Waals surface area (Å²) in [5.74, 6) is -4.45. The highest BCUT2D eigenvalue weighted by atomic mass is 19.4. The van der Waals surface area contributed by atoms with Crippen LogP contribution in [0.4, 0.5) is 17.6 Å². The molecule has 15 heavy (non-hydrogen) atoms. The van der Waals surface area contributed by atoms with Gasteiger partial charge in [-0.3, -0.25) is 4.79 Å². The van der Waals surface area contributed by atoms with Crippen molar-refractivity contribution in [1.82, 2.24) is 0 Å². The predicted molar refractivity (Wildman–Crippen MR) is 45.5 cm³/mol. The van der Waals surface area contributed by atoms with E-state index >= 15 is 0 Å². The zero-order valence-corrected chi connectivity index (χ0v) is 8.45. The molecule has 0 aromatic heterocycles. The van der Waals surface area contributed by atoms with Gasteiger partial charge >= 0.3 is 12.1 Å². The van der Waals surface area contributed by atoms with Gasteiger partial charge in [-0.2, -0.15) is 13.2 Å². The van der Waals surface area contributed by atoms with E-state index in [2.05, 4.69) is 4.74 Å². The molecule has 0 saturated carbocycles. The number of unbranched alkanes of at least 4 members (excludes halogenated alkanes) is 1. The van der Waals surface area contributed by atoms with Crippen molar-refractivity contribution < 1.29 is 27.1 Å². The molecule has 0 rings (SSSR count). The lowest BCUT2D eigenvalue weighted by Gasteiger charge is -2.11. The Balaban J connectivity index is 4.81. The summed E-state index contributed by atoms with van der Waals surface area (Å²) in [6, 6.07) is 0. The molecule has 0 aromatic carbocycles. The predicted octanol–water partition coefficient (Wildman–Crippen LogP) is 3.48. The van der Waals surface area contributed by atoms with Crippen LogP contribution in [0.5, 0.6) is 0 Å². The molecule has 2 nitrogen and oxygen atoms in total. The second kappa shape index (κ2) is 5.72. The molecule has 0 heterocycles.